The number of aromatic nitrogens is 2. The molecule has 0 aliphatic rings. The predicted molar refractivity (Wildman–Crippen MR) is 102 cm³/mol. The number of carbonyl (C=O) groups is 1. The van der Waals surface area contributed by atoms with Crippen molar-refractivity contribution in [1.29, 1.82) is 0 Å². The molecule has 2 aromatic heterocycles. The second kappa shape index (κ2) is 7.07. The van der Waals surface area contributed by atoms with E-state index in [0.29, 0.717) is 30.0 Å². The van der Waals surface area contributed by atoms with Crippen LogP contribution in [0.3, 0.4) is 0 Å². The number of oxazole rings is 1. The van der Waals surface area contributed by atoms with Crippen LogP contribution in [0.1, 0.15) is 24.1 Å². The molecule has 0 saturated heterocycles. The van der Waals surface area contributed by atoms with Crippen molar-refractivity contribution in [2.75, 3.05) is 5.32 Å². The molecule has 1 N–H and O–H groups in total. The second-order valence-corrected chi connectivity index (χ2v) is 6.41. The van der Waals surface area contributed by atoms with Gasteiger partial charge in [0, 0.05) is 29.6 Å². The minimum atomic E-state index is -0.121. The third-order valence-corrected chi connectivity index (χ3v) is 4.38. The Kier molecular flexibility index (Phi) is 4.46. The van der Waals surface area contributed by atoms with E-state index in [4.69, 9.17) is 8.94 Å². The molecule has 6 heteroatoms. The van der Waals surface area contributed by atoms with Gasteiger partial charge >= 0.3 is 0 Å². The van der Waals surface area contributed by atoms with Crippen LogP contribution in [0.4, 0.5) is 5.69 Å². The highest BCUT2D eigenvalue weighted by Crippen LogP contribution is 2.25. The first-order valence-corrected chi connectivity index (χ1v) is 8.78. The van der Waals surface area contributed by atoms with Gasteiger partial charge in [0.15, 0.2) is 5.58 Å². The lowest BCUT2D eigenvalue weighted by atomic mass is 10.1. The quantitative estimate of drug-likeness (QED) is 0.564. The first-order chi connectivity index (χ1) is 13.1. The van der Waals surface area contributed by atoms with Crippen LogP contribution in [-0.4, -0.2) is 16.0 Å². The van der Waals surface area contributed by atoms with Gasteiger partial charge in [-0.15, -0.1) is 0 Å². The number of fused-ring (bicyclic) bond motifs is 1. The summed E-state index contributed by atoms with van der Waals surface area (Å²) in [6.07, 6.45) is 1.39. The Morgan fingerprint density at radius 2 is 1.85 bits per heavy atom. The highest BCUT2D eigenvalue weighted by Gasteiger charge is 2.14. The summed E-state index contributed by atoms with van der Waals surface area (Å²) in [5.74, 6) is 1.33. The average Bonchev–Trinajstić information content (AvgIpc) is 3.23. The van der Waals surface area contributed by atoms with Crippen LogP contribution in [-0.2, 0) is 17.6 Å². The maximum Gasteiger partial charge on any atom is 0.226 e. The normalized spacial score (nSPS) is 11.0. The topological polar surface area (TPSA) is 81.2 Å². The number of rotatable bonds is 5. The largest absolute Gasteiger partial charge is 0.441 e. The molecule has 0 unspecified atom stereocenters. The Balaban J connectivity index is 1.52. The van der Waals surface area contributed by atoms with Crippen LogP contribution in [0, 0.1) is 6.92 Å². The molecule has 0 aliphatic heterocycles. The molecule has 0 spiro atoms. The van der Waals surface area contributed by atoms with Crippen LogP contribution in [0.15, 0.2) is 57.5 Å². The molecule has 2 heterocycles. The minimum absolute atomic E-state index is 0.121. The number of amides is 1. The van der Waals surface area contributed by atoms with Gasteiger partial charge in [-0.2, -0.15) is 0 Å². The monoisotopic (exact) mass is 361 g/mol. The summed E-state index contributed by atoms with van der Waals surface area (Å²) in [6, 6.07) is 15.4. The molecule has 0 aliphatic carbocycles. The van der Waals surface area contributed by atoms with Crippen molar-refractivity contribution < 1.29 is 13.7 Å². The molecule has 136 valence electrons. The molecular formula is C21H19N3O3. The van der Waals surface area contributed by atoms with E-state index in [1.165, 1.54) is 6.92 Å². The van der Waals surface area contributed by atoms with E-state index < -0.39 is 0 Å². The fraction of sp³-hybridized carbons (Fsp3) is 0.190. The molecule has 1 amide bonds. The van der Waals surface area contributed by atoms with E-state index in [0.717, 1.165) is 28.1 Å². The molecular weight excluding hydrogens is 342 g/mol. The van der Waals surface area contributed by atoms with Crippen molar-refractivity contribution >= 4 is 22.6 Å². The Labute approximate surface area is 156 Å². The average molecular weight is 361 g/mol. The van der Waals surface area contributed by atoms with Gasteiger partial charge in [-0.1, -0.05) is 23.4 Å². The maximum absolute atomic E-state index is 11.2. The van der Waals surface area contributed by atoms with Crippen molar-refractivity contribution in [3.8, 4) is 11.5 Å². The summed E-state index contributed by atoms with van der Waals surface area (Å²) in [7, 11) is 0. The molecule has 0 bridgehead atoms. The number of hydrogen-bond acceptors (Lipinski definition) is 5. The smallest absolute Gasteiger partial charge is 0.226 e. The highest BCUT2D eigenvalue weighted by atomic mass is 16.5. The lowest BCUT2D eigenvalue weighted by Crippen LogP contribution is -2.05. The predicted octanol–water partition coefficient (Wildman–Crippen LogP) is 4.53. The van der Waals surface area contributed by atoms with Gasteiger partial charge < -0.3 is 14.3 Å². The van der Waals surface area contributed by atoms with Crippen LogP contribution in [0.5, 0.6) is 0 Å². The first kappa shape index (κ1) is 17.0. The number of nitrogens with zero attached hydrogens (tertiary/aromatic N) is 2. The van der Waals surface area contributed by atoms with Crippen LogP contribution < -0.4 is 5.32 Å². The Hall–Kier alpha value is -3.41. The van der Waals surface area contributed by atoms with Crippen molar-refractivity contribution in [3.63, 3.8) is 0 Å². The molecule has 4 rings (SSSR count). The van der Waals surface area contributed by atoms with Crippen molar-refractivity contribution in [1.82, 2.24) is 10.1 Å². The van der Waals surface area contributed by atoms with Crippen LogP contribution in [0.25, 0.3) is 22.4 Å². The molecule has 27 heavy (non-hydrogen) atoms. The zero-order valence-electron chi connectivity index (χ0n) is 15.2. The number of carbonyl (C=O) groups excluding carboxylic acids is 1. The van der Waals surface area contributed by atoms with Gasteiger partial charge in [0.2, 0.25) is 11.8 Å². The first-order valence-electron chi connectivity index (χ1n) is 8.78. The van der Waals surface area contributed by atoms with Gasteiger partial charge in [0.25, 0.3) is 0 Å². The van der Waals surface area contributed by atoms with Gasteiger partial charge in [0.1, 0.15) is 5.76 Å². The molecule has 6 nitrogen and oxygen atoms in total. The van der Waals surface area contributed by atoms with Crippen LogP contribution in [0.2, 0.25) is 0 Å². The number of anilines is 1. The summed E-state index contributed by atoms with van der Waals surface area (Å²) in [5.41, 5.74) is 4.09. The zero-order valence-corrected chi connectivity index (χ0v) is 15.2. The van der Waals surface area contributed by atoms with E-state index in [1.807, 2.05) is 49.4 Å². The number of hydrogen-bond donors (Lipinski definition) is 1. The van der Waals surface area contributed by atoms with E-state index in [2.05, 4.69) is 15.5 Å². The molecule has 2 aromatic carbocycles. The second-order valence-electron chi connectivity index (χ2n) is 6.41. The maximum atomic E-state index is 11.2. The third kappa shape index (κ3) is 3.60. The number of benzene rings is 2. The summed E-state index contributed by atoms with van der Waals surface area (Å²) < 4.78 is 11.2. The molecule has 0 fully saturated rings. The Bertz CT molecular complexity index is 1100. The van der Waals surface area contributed by atoms with Crippen LogP contribution >= 0.6 is 0 Å². The standard InChI is InChI=1S/C21H19N3O3/c1-13-18(23-21(26-13)15-6-4-3-5-7-15)10-11-19-17-9-8-16(22-14(2)25)12-20(17)27-24-19/h3-9,12H,10-11H2,1-2H3,(H,22,25). The SMILES string of the molecule is CC(=O)Nc1ccc2c(CCc3nc(-c4ccccc4)oc3C)noc2c1. The van der Waals surface area contributed by atoms with E-state index in [1.54, 1.807) is 6.07 Å². The molecule has 4 aromatic rings. The number of aryl methyl sites for hydroxylation is 3. The van der Waals surface area contributed by atoms with Gasteiger partial charge in [-0.3, -0.25) is 4.79 Å². The summed E-state index contributed by atoms with van der Waals surface area (Å²) >= 11 is 0. The number of nitrogens with one attached hydrogen (secondary N) is 1. The van der Waals surface area contributed by atoms with Crippen molar-refractivity contribution in [2.45, 2.75) is 26.7 Å². The molecule has 0 radical (unpaired) electrons. The van der Waals surface area contributed by atoms with Gasteiger partial charge in [-0.25, -0.2) is 4.98 Å². The molecule has 0 saturated carbocycles. The van der Waals surface area contributed by atoms with Crippen molar-refractivity contribution in [2.24, 2.45) is 0 Å². The lowest BCUT2D eigenvalue weighted by Gasteiger charge is -2.00. The third-order valence-electron chi connectivity index (χ3n) is 4.38. The van der Waals surface area contributed by atoms with E-state index in [9.17, 15) is 4.79 Å². The Morgan fingerprint density at radius 3 is 2.63 bits per heavy atom. The summed E-state index contributed by atoms with van der Waals surface area (Å²) in [4.78, 5) is 15.8. The van der Waals surface area contributed by atoms with E-state index >= 15 is 0 Å². The lowest BCUT2D eigenvalue weighted by molar-refractivity contribution is -0.114. The molecule has 0 atom stereocenters. The fourth-order valence-electron chi connectivity index (χ4n) is 3.05. The summed E-state index contributed by atoms with van der Waals surface area (Å²) in [6.45, 7) is 3.40. The van der Waals surface area contributed by atoms with Gasteiger partial charge in [-0.05, 0) is 44.0 Å². The zero-order chi connectivity index (χ0) is 18.8. The van der Waals surface area contributed by atoms with Gasteiger partial charge in [0.05, 0.1) is 11.4 Å². The Morgan fingerprint density at radius 1 is 1.07 bits per heavy atom. The van der Waals surface area contributed by atoms with Crippen molar-refractivity contribution in [3.05, 3.63) is 65.7 Å². The van der Waals surface area contributed by atoms with E-state index in [-0.39, 0.29) is 5.91 Å². The minimum Gasteiger partial charge on any atom is -0.441 e. The fourth-order valence-corrected chi connectivity index (χ4v) is 3.05. The summed E-state index contributed by atoms with van der Waals surface area (Å²) in [5, 5.41) is 7.86. The highest BCUT2D eigenvalue weighted by molar-refractivity contribution is 5.92.